The second-order valence-electron chi connectivity index (χ2n) is 6.10. The van der Waals surface area contributed by atoms with E-state index in [-0.39, 0.29) is 41.3 Å². The maximum atomic E-state index is 12.0. The molecule has 1 N–H and O–H groups in total. The van der Waals surface area contributed by atoms with E-state index in [4.69, 9.17) is 4.74 Å². The molecule has 1 aliphatic heterocycles. The molecule has 11 heteroatoms. The Morgan fingerprint density at radius 3 is 2.45 bits per heavy atom. The van der Waals surface area contributed by atoms with Crippen molar-refractivity contribution in [2.75, 3.05) is 23.7 Å². The number of benzene rings is 1. The van der Waals surface area contributed by atoms with Crippen molar-refractivity contribution < 1.29 is 22.7 Å². The third-order valence-electron chi connectivity index (χ3n) is 3.98. The fourth-order valence-electron chi connectivity index (χ4n) is 2.66. The van der Waals surface area contributed by atoms with E-state index in [1.165, 1.54) is 10.5 Å². The SMILES string of the molecule is Br.CS(=O)(=O)N(CCOc1ccc(CC2SC(=O)NC2=O)cc1)c1ccccn1. The van der Waals surface area contributed by atoms with Gasteiger partial charge in [-0.15, -0.1) is 17.0 Å². The first kappa shape index (κ1) is 23.2. The fraction of sp³-hybridized carbons (Fsp3) is 0.278. The first-order chi connectivity index (χ1) is 13.3. The molecule has 0 bridgehead atoms. The number of carbonyl (C=O) groups is 2. The number of aromatic nitrogens is 1. The lowest BCUT2D eigenvalue weighted by Gasteiger charge is -2.21. The number of carbonyl (C=O) groups excluding carboxylic acids is 2. The van der Waals surface area contributed by atoms with Gasteiger partial charge < -0.3 is 4.74 Å². The number of amides is 2. The van der Waals surface area contributed by atoms with Crippen molar-refractivity contribution in [3.05, 3.63) is 54.2 Å². The summed E-state index contributed by atoms with van der Waals surface area (Å²) in [5.74, 6) is 0.648. The van der Waals surface area contributed by atoms with Crippen LogP contribution in [0.1, 0.15) is 5.56 Å². The number of sulfonamides is 1. The molecular weight excluding hydrogens is 482 g/mol. The summed E-state index contributed by atoms with van der Waals surface area (Å²) in [5.41, 5.74) is 0.904. The number of rotatable bonds is 8. The van der Waals surface area contributed by atoms with Crippen LogP contribution in [-0.2, 0) is 21.2 Å². The van der Waals surface area contributed by atoms with E-state index < -0.39 is 15.3 Å². The van der Waals surface area contributed by atoms with Crippen LogP contribution in [0.4, 0.5) is 10.6 Å². The van der Waals surface area contributed by atoms with E-state index in [1.54, 1.807) is 30.3 Å². The van der Waals surface area contributed by atoms with Gasteiger partial charge >= 0.3 is 0 Å². The Morgan fingerprint density at radius 1 is 1.17 bits per heavy atom. The summed E-state index contributed by atoms with van der Waals surface area (Å²) in [4.78, 5) is 26.9. The standard InChI is InChI=1S/C18H19N3O5S2.BrH/c1-28(24,25)21(16-4-2-3-9-19-16)10-11-26-14-7-5-13(6-8-14)12-15-17(22)20-18(23)27-15;/h2-9,15H,10-12H2,1H3,(H,20,22,23);1H. The molecule has 0 aliphatic carbocycles. The van der Waals surface area contributed by atoms with Crippen LogP contribution in [0.25, 0.3) is 0 Å². The zero-order valence-corrected chi connectivity index (χ0v) is 18.8. The maximum Gasteiger partial charge on any atom is 0.286 e. The molecule has 1 unspecified atom stereocenters. The first-order valence-corrected chi connectivity index (χ1v) is 11.2. The second kappa shape index (κ2) is 10.1. The van der Waals surface area contributed by atoms with Gasteiger partial charge in [0.1, 0.15) is 18.2 Å². The van der Waals surface area contributed by atoms with E-state index in [1.807, 2.05) is 12.1 Å². The number of pyridine rings is 1. The van der Waals surface area contributed by atoms with Gasteiger partial charge in [-0.1, -0.05) is 30.0 Å². The van der Waals surface area contributed by atoms with Crippen LogP contribution in [0.5, 0.6) is 5.75 Å². The highest BCUT2D eigenvalue weighted by Crippen LogP contribution is 2.24. The number of imide groups is 1. The summed E-state index contributed by atoms with van der Waals surface area (Å²) < 4.78 is 30.8. The molecule has 2 heterocycles. The largest absolute Gasteiger partial charge is 0.492 e. The molecule has 0 saturated carbocycles. The Morgan fingerprint density at radius 2 is 1.90 bits per heavy atom. The highest BCUT2D eigenvalue weighted by molar-refractivity contribution is 8.93. The highest BCUT2D eigenvalue weighted by atomic mass is 79.9. The van der Waals surface area contributed by atoms with E-state index in [0.717, 1.165) is 23.6 Å². The van der Waals surface area contributed by atoms with Crippen LogP contribution < -0.4 is 14.4 Å². The number of anilines is 1. The van der Waals surface area contributed by atoms with Crippen LogP contribution in [-0.4, -0.2) is 49.2 Å². The quantitative estimate of drug-likeness (QED) is 0.591. The summed E-state index contributed by atoms with van der Waals surface area (Å²) in [7, 11) is -3.48. The van der Waals surface area contributed by atoms with Gasteiger partial charge in [0.2, 0.25) is 15.9 Å². The number of ether oxygens (including phenoxy) is 1. The lowest BCUT2D eigenvalue weighted by molar-refractivity contribution is -0.118. The van der Waals surface area contributed by atoms with Crippen LogP contribution in [0.2, 0.25) is 0 Å². The molecule has 1 aliphatic rings. The molecule has 1 aromatic carbocycles. The minimum Gasteiger partial charge on any atom is -0.492 e. The zero-order valence-electron chi connectivity index (χ0n) is 15.5. The van der Waals surface area contributed by atoms with Gasteiger partial charge in [-0.25, -0.2) is 13.4 Å². The zero-order chi connectivity index (χ0) is 20.1. The third-order valence-corrected chi connectivity index (χ3v) is 6.13. The Bertz CT molecular complexity index is 955. The van der Waals surface area contributed by atoms with E-state index >= 15 is 0 Å². The molecule has 1 fully saturated rings. The average molecular weight is 502 g/mol. The topological polar surface area (TPSA) is 106 Å². The highest BCUT2D eigenvalue weighted by Gasteiger charge is 2.31. The summed E-state index contributed by atoms with van der Waals surface area (Å²) >= 11 is 0.991. The van der Waals surface area contributed by atoms with Crippen molar-refractivity contribution in [1.82, 2.24) is 10.3 Å². The Labute approximate surface area is 183 Å². The van der Waals surface area contributed by atoms with Crippen molar-refractivity contribution in [3.63, 3.8) is 0 Å². The van der Waals surface area contributed by atoms with E-state index in [2.05, 4.69) is 10.3 Å². The molecule has 2 amide bonds. The van der Waals surface area contributed by atoms with Crippen molar-refractivity contribution in [3.8, 4) is 5.75 Å². The number of thioether (sulfide) groups is 1. The van der Waals surface area contributed by atoms with Gasteiger partial charge in [0.05, 0.1) is 18.1 Å². The molecule has 3 rings (SSSR count). The minimum atomic E-state index is -3.48. The minimum absolute atomic E-state index is 0. The Kier molecular flexibility index (Phi) is 8.05. The molecular formula is C18H20BrN3O5S2. The molecule has 1 saturated heterocycles. The smallest absolute Gasteiger partial charge is 0.286 e. The predicted molar refractivity (Wildman–Crippen MR) is 117 cm³/mol. The van der Waals surface area contributed by atoms with Gasteiger partial charge in [0.15, 0.2) is 0 Å². The molecule has 2 aromatic rings. The summed E-state index contributed by atoms with van der Waals surface area (Å²) in [6.45, 7) is 0.275. The molecule has 8 nitrogen and oxygen atoms in total. The first-order valence-electron chi connectivity index (χ1n) is 8.45. The van der Waals surface area contributed by atoms with Crippen molar-refractivity contribution >= 4 is 55.7 Å². The fourth-order valence-corrected chi connectivity index (χ4v) is 4.38. The number of nitrogens with zero attached hydrogens (tertiary/aromatic N) is 2. The van der Waals surface area contributed by atoms with Gasteiger partial charge in [-0.2, -0.15) is 0 Å². The number of nitrogens with one attached hydrogen (secondary N) is 1. The molecule has 29 heavy (non-hydrogen) atoms. The average Bonchev–Trinajstić information content (AvgIpc) is 2.97. The molecule has 0 spiro atoms. The summed E-state index contributed by atoms with van der Waals surface area (Å²) in [6.07, 6.45) is 3.10. The van der Waals surface area contributed by atoms with Gasteiger partial charge in [-0.3, -0.25) is 19.2 Å². The van der Waals surface area contributed by atoms with Gasteiger partial charge in [-0.05, 0) is 36.2 Å². The molecule has 1 atom stereocenters. The van der Waals surface area contributed by atoms with Crippen LogP contribution in [0, 0.1) is 0 Å². The van der Waals surface area contributed by atoms with E-state index in [9.17, 15) is 18.0 Å². The lowest BCUT2D eigenvalue weighted by Crippen LogP contribution is -2.34. The van der Waals surface area contributed by atoms with E-state index in [0.29, 0.717) is 18.0 Å². The molecule has 156 valence electrons. The molecule has 0 radical (unpaired) electrons. The number of hydrogen-bond donors (Lipinski definition) is 1. The summed E-state index contributed by atoms with van der Waals surface area (Å²) in [6, 6.07) is 12.2. The third kappa shape index (κ3) is 6.44. The van der Waals surface area contributed by atoms with Crippen molar-refractivity contribution in [2.45, 2.75) is 11.7 Å². The Hall–Kier alpha value is -2.11. The van der Waals surface area contributed by atoms with Gasteiger partial charge in [0, 0.05) is 6.20 Å². The normalized spacial score (nSPS) is 16.1. The van der Waals surface area contributed by atoms with Crippen LogP contribution >= 0.6 is 28.7 Å². The maximum absolute atomic E-state index is 12.0. The summed E-state index contributed by atoms with van der Waals surface area (Å²) in [5, 5.41) is 1.53. The van der Waals surface area contributed by atoms with Crippen LogP contribution in [0.15, 0.2) is 48.7 Å². The predicted octanol–water partition coefficient (Wildman–Crippen LogP) is 2.40. The lowest BCUT2D eigenvalue weighted by atomic mass is 10.1. The monoisotopic (exact) mass is 501 g/mol. The van der Waals surface area contributed by atoms with Crippen molar-refractivity contribution in [1.29, 1.82) is 0 Å². The van der Waals surface area contributed by atoms with Crippen molar-refractivity contribution in [2.24, 2.45) is 0 Å². The van der Waals surface area contributed by atoms with Gasteiger partial charge in [0.25, 0.3) is 5.24 Å². The van der Waals surface area contributed by atoms with Crippen LogP contribution in [0.3, 0.4) is 0 Å². The Balaban J connectivity index is 0.00000300. The number of halogens is 1. The molecule has 1 aromatic heterocycles. The number of hydrogen-bond acceptors (Lipinski definition) is 7. The second-order valence-corrected chi connectivity index (χ2v) is 9.19.